The maximum atomic E-state index is 13.3. The van der Waals surface area contributed by atoms with E-state index in [1.807, 2.05) is 19.1 Å². The number of benzene rings is 2. The van der Waals surface area contributed by atoms with Crippen LogP contribution in [-0.2, 0) is 6.54 Å². The minimum absolute atomic E-state index is 0.342. The summed E-state index contributed by atoms with van der Waals surface area (Å²) in [4.78, 5) is 0. The molecular formula is C15H15BrFNO2. The molecule has 0 bridgehead atoms. The maximum absolute atomic E-state index is 13.3. The number of phenols is 1. The molecule has 106 valence electrons. The molecular weight excluding hydrogens is 325 g/mol. The van der Waals surface area contributed by atoms with Gasteiger partial charge >= 0.3 is 0 Å². The number of nitrogens with one attached hydrogen (secondary N) is 1. The first-order valence-electron chi connectivity index (χ1n) is 6.06. The molecule has 0 heterocycles. The van der Waals surface area contributed by atoms with Crippen LogP contribution >= 0.6 is 15.9 Å². The maximum Gasteiger partial charge on any atom is 0.165 e. The van der Waals surface area contributed by atoms with E-state index in [9.17, 15) is 4.39 Å². The Bertz CT molecular complexity index is 632. The molecule has 0 saturated heterocycles. The molecule has 0 unspecified atom stereocenters. The van der Waals surface area contributed by atoms with Gasteiger partial charge in [-0.3, -0.25) is 0 Å². The molecule has 0 amide bonds. The van der Waals surface area contributed by atoms with Crippen LogP contribution in [0.4, 0.5) is 10.1 Å². The molecule has 0 spiro atoms. The molecule has 2 aromatic carbocycles. The summed E-state index contributed by atoms with van der Waals surface area (Å²) in [6, 6.07) is 8.17. The van der Waals surface area contributed by atoms with Gasteiger partial charge in [0.1, 0.15) is 5.75 Å². The number of anilines is 1. The van der Waals surface area contributed by atoms with Gasteiger partial charge in [0.05, 0.1) is 12.8 Å². The number of halogens is 2. The molecule has 2 N–H and O–H groups in total. The van der Waals surface area contributed by atoms with Crippen molar-refractivity contribution in [3.63, 3.8) is 0 Å². The van der Waals surface area contributed by atoms with Crippen LogP contribution in [0.3, 0.4) is 0 Å². The van der Waals surface area contributed by atoms with Crippen LogP contribution in [0.2, 0.25) is 0 Å². The smallest absolute Gasteiger partial charge is 0.165 e. The van der Waals surface area contributed by atoms with Crippen LogP contribution in [0, 0.1) is 12.7 Å². The molecule has 2 rings (SSSR count). The highest BCUT2D eigenvalue weighted by atomic mass is 79.9. The van der Waals surface area contributed by atoms with Crippen molar-refractivity contribution in [3.8, 4) is 11.5 Å². The molecule has 2 aromatic rings. The number of aromatic hydroxyl groups is 1. The lowest BCUT2D eigenvalue weighted by Gasteiger charge is -2.15. The summed E-state index contributed by atoms with van der Waals surface area (Å²) in [5.74, 6) is -0.244. The monoisotopic (exact) mass is 339 g/mol. The molecule has 0 aliphatic heterocycles. The second-order valence-corrected chi connectivity index (χ2v) is 5.35. The molecule has 20 heavy (non-hydrogen) atoms. The van der Waals surface area contributed by atoms with Crippen LogP contribution in [0.25, 0.3) is 0 Å². The first-order valence-corrected chi connectivity index (χ1v) is 6.86. The van der Waals surface area contributed by atoms with E-state index >= 15 is 0 Å². The van der Waals surface area contributed by atoms with Crippen LogP contribution in [0.15, 0.2) is 34.8 Å². The van der Waals surface area contributed by atoms with E-state index in [2.05, 4.69) is 21.2 Å². The Balaban J connectivity index is 2.20. The summed E-state index contributed by atoms with van der Waals surface area (Å²) in [6.07, 6.45) is 0. The Morgan fingerprint density at radius 3 is 2.70 bits per heavy atom. The van der Waals surface area contributed by atoms with E-state index in [0.29, 0.717) is 6.54 Å². The van der Waals surface area contributed by atoms with E-state index in [1.165, 1.54) is 12.1 Å². The van der Waals surface area contributed by atoms with E-state index in [1.54, 1.807) is 13.2 Å². The largest absolute Gasteiger partial charge is 0.505 e. The minimum Gasteiger partial charge on any atom is -0.505 e. The van der Waals surface area contributed by atoms with Crippen molar-refractivity contribution >= 4 is 21.6 Å². The fourth-order valence-electron chi connectivity index (χ4n) is 1.95. The van der Waals surface area contributed by atoms with Crippen LogP contribution in [0.1, 0.15) is 11.1 Å². The molecule has 0 radical (unpaired) electrons. The van der Waals surface area contributed by atoms with E-state index in [4.69, 9.17) is 9.84 Å². The Kier molecular flexibility index (Phi) is 4.49. The molecule has 5 heteroatoms. The summed E-state index contributed by atoms with van der Waals surface area (Å²) in [7, 11) is 1.60. The lowest BCUT2D eigenvalue weighted by molar-refractivity contribution is 0.416. The Labute approximate surface area is 125 Å². The van der Waals surface area contributed by atoms with Crippen LogP contribution in [-0.4, -0.2) is 12.2 Å². The van der Waals surface area contributed by atoms with Crippen molar-refractivity contribution in [2.75, 3.05) is 12.4 Å². The minimum atomic E-state index is -0.621. The number of methoxy groups -OCH3 is 1. The SMILES string of the molecule is COc1cc(Br)cc(C)c1NCc1ccc(O)c(F)c1. The predicted molar refractivity (Wildman–Crippen MR) is 80.8 cm³/mol. The van der Waals surface area contributed by atoms with E-state index in [0.717, 1.165) is 27.0 Å². The van der Waals surface area contributed by atoms with Gasteiger partial charge in [0, 0.05) is 11.0 Å². The van der Waals surface area contributed by atoms with Crippen LogP contribution in [0.5, 0.6) is 11.5 Å². The van der Waals surface area contributed by atoms with Gasteiger partial charge in [0.25, 0.3) is 0 Å². The zero-order chi connectivity index (χ0) is 14.7. The van der Waals surface area contributed by atoms with Gasteiger partial charge in [-0.05, 0) is 42.3 Å². The van der Waals surface area contributed by atoms with Crippen molar-refractivity contribution < 1.29 is 14.2 Å². The highest BCUT2D eigenvalue weighted by molar-refractivity contribution is 9.10. The molecule has 3 nitrogen and oxygen atoms in total. The highest BCUT2D eigenvalue weighted by Gasteiger charge is 2.08. The predicted octanol–water partition coefficient (Wildman–Crippen LogP) is 4.22. The summed E-state index contributed by atoms with van der Waals surface area (Å²) in [6.45, 7) is 2.41. The first kappa shape index (κ1) is 14.7. The summed E-state index contributed by atoms with van der Waals surface area (Å²) < 4.78 is 19.5. The average molecular weight is 340 g/mol. The molecule has 0 aliphatic carbocycles. The van der Waals surface area contributed by atoms with Gasteiger partial charge in [-0.25, -0.2) is 4.39 Å². The fourth-order valence-corrected chi connectivity index (χ4v) is 2.50. The Morgan fingerprint density at radius 1 is 1.30 bits per heavy atom. The van der Waals surface area contributed by atoms with Gasteiger partial charge in [-0.1, -0.05) is 22.0 Å². The average Bonchev–Trinajstić information content (AvgIpc) is 2.40. The van der Waals surface area contributed by atoms with Crippen LogP contribution < -0.4 is 10.1 Å². The standard InChI is InChI=1S/C15H15BrFNO2/c1-9-5-11(16)7-14(20-2)15(9)18-8-10-3-4-13(19)12(17)6-10/h3-7,18-19H,8H2,1-2H3. The number of phenolic OH excluding ortho intramolecular Hbond substituents is 1. The van der Waals surface area contributed by atoms with E-state index in [-0.39, 0.29) is 5.75 Å². The molecule has 0 saturated carbocycles. The van der Waals surface area contributed by atoms with Gasteiger partial charge in [0.15, 0.2) is 11.6 Å². The summed E-state index contributed by atoms with van der Waals surface area (Å²) in [5, 5.41) is 12.4. The molecule has 0 atom stereocenters. The second kappa shape index (κ2) is 6.13. The normalized spacial score (nSPS) is 10.4. The number of rotatable bonds is 4. The lowest BCUT2D eigenvalue weighted by atomic mass is 10.1. The third-order valence-electron chi connectivity index (χ3n) is 2.97. The quantitative estimate of drug-likeness (QED) is 0.876. The zero-order valence-electron chi connectivity index (χ0n) is 11.2. The van der Waals surface area contributed by atoms with Crippen molar-refractivity contribution in [2.45, 2.75) is 13.5 Å². The third kappa shape index (κ3) is 3.22. The topological polar surface area (TPSA) is 41.5 Å². The van der Waals surface area contributed by atoms with Gasteiger partial charge in [-0.15, -0.1) is 0 Å². The number of ether oxygens (including phenoxy) is 1. The summed E-state index contributed by atoms with van der Waals surface area (Å²) >= 11 is 3.42. The fraction of sp³-hybridized carbons (Fsp3) is 0.200. The third-order valence-corrected chi connectivity index (χ3v) is 3.42. The molecule has 0 fully saturated rings. The Morgan fingerprint density at radius 2 is 2.05 bits per heavy atom. The van der Waals surface area contributed by atoms with Crippen molar-refractivity contribution in [1.82, 2.24) is 0 Å². The van der Waals surface area contributed by atoms with Gasteiger partial charge in [0.2, 0.25) is 0 Å². The summed E-state index contributed by atoms with van der Waals surface area (Å²) in [5.41, 5.74) is 2.63. The second-order valence-electron chi connectivity index (χ2n) is 4.44. The number of hydrogen-bond donors (Lipinski definition) is 2. The van der Waals surface area contributed by atoms with Crippen molar-refractivity contribution in [2.24, 2.45) is 0 Å². The lowest BCUT2D eigenvalue weighted by Crippen LogP contribution is -2.03. The number of hydrogen-bond acceptors (Lipinski definition) is 3. The highest BCUT2D eigenvalue weighted by Crippen LogP contribution is 2.32. The molecule has 0 aliphatic rings. The van der Waals surface area contributed by atoms with Gasteiger partial charge < -0.3 is 15.2 Å². The van der Waals surface area contributed by atoms with Crippen molar-refractivity contribution in [3.05, 3.63) is 51.7 Å². The first-order chi connectivity index (χ1) is 9.51. The number of aryl methyl sites for hydroxylation is 1. The zero-order valence-corrected chi connectivity index (χ0v) is 12.8. The van der Waals surface area contributed by atoms with Gasteiger partial charge in [-0.2, -0.15) is 0 Å². The Hall–Kier alpha value is -1.75. The molecule has 0 aromatic heterocycles. The van der Waals surface area contributed by atoms with E-state index < -0.39 is 5.82 Å². The van der Waals surface area contributed by atoms with Crippen molar-refractivity contribution in [1.29, 1.82) is 0 Å².